The van der Waals surface area contributed by atoms with Crippen LogP contribution in [0.1, 0.15) is 12.5 Å². The molecule has 0 N–H and O–H groups in total. The lowest BCUT2D eigenvalue weighted by Crippen LogP contribution is -1.83. The number of hydrogen-bond acceptors (Lipinski definition) is 1. The molecule has 0 saturated heterocycles. The van der Waals surface area contributed by atoms with Gasteiger partial charge in [0.2, 0.25) is 0 Å². The third-order valence-corrected chi connectivity index (χ3v) is 1.40. The van der Waals surface area contributed by atoms with Crippen LogP contribution in [0.2, 0.25) is 0 Å². The fourth-order valence-electron chi connectivity index (χ4n) is 0.846. The van der Waals surface area contributed by atoms with E-state index in [0.29, 0.717) is 0 Å². The van der Waals surface area contributed by atoms with Gasteiger partial charge >= 0.3 is 0 Å². The second-order valence-corrected chi connectivity index (χ2v) is 2.84. The summed E-state index contributed by atoms with van der Waals surface area (Å²) in [4.78, 5) is 4.22. The predicted octanol–water partition coefficient (Wildman–Crippen LogP) is 2.68. The molecule has 0 saturated carbocycles. The van der Waals surface area contributed by atoms with E-state index in [4.69, 9.17) is 0 Å². The second kappa shape index (κ2) is 4.50. The van der Waals surface area contributed by atoms with E-state index in [1.807, 2.05) is 43.5 Å². The van der Waals surface area contributed by atoms with Gasteiger partial charge in [0.15, 0.2) is 0 Å². The third-order valence-electron chi connectivity index (χ3n) is 1.40. The first-order valence-corrected chi connectivity index (χ1v) is 3.98. The van der Waals surface area contributed by atoms with E-state index in [0.717, 1.165) is 17.7 Å². The van der Waals surface area contributed by atoms with Crippen molar-refractivity contribution >= 4 is 6.21 Å². The van der Waals surface area contributed by atoms with Gasteiger partial charge in [-0.2, -0.15) is 0 Å². The van der Waals surface area contributed by atoms with Crippen molar-refractivity contribution in [3.05, 3.63) is 48.0 Å². The molecule has 62 valence electrons. The van der Waals surface area contributed by atoms with E-state index >= 15 is 0 Å². The molecule has 0 aliphatic carbocycles. The van der Waals surface area contributed by atoms with Crippen molar-refractivity contribution in [3.8, 4) is 0 Å². The van der Waals surface area contributed by atoms with Crippen LogP contribution in [0, 0.1) is 0 Å². The highest BCUT2D eigenvalue weighted by Crippen LogP contribution is 1.94. The maximum atomic E-state index is 4.22. The number of hydrogen-bond donors (Lipinski definition) is 0. The van der Waals surface area contributed by atoms with E-state index in [2.05, 4.69) is 11.6 Å². The zero-order valence-corrected chi connectivity index (χ0v) is 7.33. The predicted molar refractivity (Wildman–Crippen MR) is 53.7 cm³/mol. The molecule has 12 heavy (non-hydrogen) atoms. The average Bonchev–Trinajstić information content (AvgIpc) is 2.05. The topological polar surface area (TPSA) is 12.4 Å². The molecular formula is C11H13N. The number of aliphatic imine (C=N–C) groups is 1. The average molecular weight is 159 g/mol. The third kappa shape index (κ3) is 3.15. The van der Waals surface area contributed by atoms with Gasteiger partial charge in [0.1, 0.15) is 0 Å². The van der Waals surface area contributed by atoms with Gasteiger partial charge in [0.05, 0.1) is 6.54 Å². The maximum Gasteiger partial charge on any atom is 0.0594 e. The first-order valence-electron chi connectivity index (χ1n) is 3.98. The smallest absolute Gasteiger partial charge is 0.0594 e. The highest BCUT2D eigenvalue weighted by atomic mass is 14.7. The van der Waals surface area contributed by atoms with Crippen LogP contribution in [0.4, 0.5) is 0 Å². The zero-order valence-electron chi connectivity index (χ0n) is 7.33. The minimum Gasteiger partial charge on any atom is -0.288 e. The lowest BCUT2D eigenvalue weighted by atomic mass is 10.2. The van der Waals surface area contributed by atoms with E-state index < -0.39 is 0 Å². The van der Waals surface area contributed by atoms with Crippen LogP contribution in [-0.4, -0.2) is 12.8 Å². The van der Waals surface area contributed by atoms with Crippen molar-refractivity contribution in [2.24, 2.45) is 4.99 Å². The monoisotopic (exact) mass is 159 g/mol. The van der Waals surface area contributed by atoms with Gasteiger partial charge in [-0.1, -0.05) is 42.5 Å². The van der Waals surface area contributed by atoms with Gasteiger partial charge in [-0.3, -0.25) is 4.99 Å². The van der Waals surface area contributed by atoms with Gasteiger partial charge in [0, 0.05) is 6.21 Å². The van der Waals surface area contributed by atoms with Crippen molar-refractivity contribution in [2.75, 3.05) is 6.54 Å². The first-order chi connectivity index (χ1) is 5.79. The molecule has 0 unspecified atom stereocenters. The summed E-state index contributed by atoms with van der Waals surface area (Å²) < 4.78 is 0. The highest BCUT2D eigenvalue weighted by Gasteiger charge is 1.83. The van der Waals surface area contributed by atoms with Gasteiger partial charge in [-0.15, -0.1) is 0 Å². The molecule has 1 nitrogen and oxygen atoms in total. The van der Waals surface area contributed by atoms with Crippen LogP contribution in [0.5, 0.6) is 0 Å². The van der Waals surface area contributed by atoms with Crippen LogP contribution < -0.4 is 0 Å². The molecule has 0 spiro atoms. The minimum atomic E-state index is 0.717. The molecule has 0 bridgehead atoms. The molecule has 0 aliphatic heterocycles. The summed E-state index contributed by atoms with van der Waals surface area (Å²) in [6, 6.07) is 10.1. The normalized spacial score (nSPS) is 10.4. The summed E-state index contributed by atoms with van der Waals surface area (Å²) in [5.74, 6) is 0. The number of nitrogens with zero attached hydrogens (tertiary/aromatic N) is 1. The van der Waals surface area contributed by atoms with Gasteiger partial charge in [-0.25, -0.2) is 0 Å². The van der Waals surface area contributed by atoms with Gasteiger partial charge in [0.25, 0.3) is 0 Å². The van der Waals surface area contributed by atoms with Crippen LogP contribution in [0.3, 0.4) is 0 Å². The molecule has 0 amide bonds. The second-order valence-electron chi connectivity index (χ2n) is 2.84. The Labute approximate surface area is 73.5 Å². The Morgan fingerprint density at radius 2 is 2.08 bits per heavy atom. The molecule has 0 aromatic heterocycles. The Morgan fingerprint density at radius 3 is 2.67 bits per heavy atom. The Hall–Kier alpha value is -1.37. The van der Waals surface area contributed by atoms with E-state index in [9.17, 15) is 0 Å². The van der Waals surface area contributed by atoms with Gasteiger partial charge < -0.3 is 0 Å². The lowest BCUT2D eigenvalue weighted by Gasteiger charge is -1.91. The molecule has 0 radical (unpaired) electrons. The molecular weight excluding hydrogens is 146 g/mol. The summed E-state index contributed by atoms with van der Waals surface area (Å²) >= 11 is 0. The molecule has 1 aromatic carbocycles. The molecule has 1 heteroatoms. The highest BCUT2D eigenvalue weighted by molar-refractivity contribution is 5.79. The molecule has 1 rings (SSSR count). The van der Waals surface area contributed by atoms with Crippen molar-refractivity contribution < 1.29 is 0 Å². The van der Waals surface area contributed by atoms with Crippen LogP contribution in [-0.2, 0) is 0 Å². The Balaban J connectivity index is 2.52. The van der Waals surface area contributed by atoms with Crippen molar-refractivity contribution in [2.45, 2.75) is 6.92 Å². The van der Waals surface area contributed by atoms with Gasteiger partial charge in [-0.05, 0) is 12.5 Å². The molecule has 1 aromatic rings. The summed E-state index contributed by atoms with van der Waals surface area (Å²) in [6.45, 7) is 6.46. The zero-order chi connectivity index (χ0) is 8.81. The van der Waals surface area contributed by atoms with Crippen molar-refractivity contribution in [3.63, 3.8) is 0 Å². The molecule has 0 aliphatic rings. The SMILES string of the molecule is C=C(C)CN=Cc1ccccc1. The van der Waals surface area contributed by atoms with Crippen LogP contribution in [0.25, 0.3) is 0 Å². The summed E-state index contributed by atoms with van der Waals surface area (Å²) in [6.07, 6.45) is 1.87. The Kier molecular flexibility index (Phi) is 3.27. The largest absolute Gasteiger partial charge is 0.288 e. The maximum absolute atomic E-state index is 4.22. The fraction of sp³-hybridized carbons (Fsp3) is 0.182. The molecule has 0 heterocycles. The minimum absolute atomic E-state index is 0.717. The van der Waals surface area contributed by atoms with E-state index in [1.54, 1.807) is 0 Å². The summed E-state index contributed by atoms with van der Waals surface area (Å²) in [7, 11) is 0. The quantitative estimate of drug-likeness (QED) is 0.475. The number of rotatable bonds is 3. The van der Waals surface area contributed by atoms with E-state index in [1.165, 1.54) is 0 Å². The van der Waals surface area contributed by atoms with Crippen molar-refractivity contribution in [1.82, 2.24) is 0 Å². The van der Waals surface area contributed by atoms with E-state index in [-0.39, 0.29) is 0 Å². The first kappa shape index (κ1) is 8.72. The summed E-state index contributed by atoms with van der Waals surface area (Å²) in [5.41, 5.74) is 2.22. The standard InChI is InChI=1S/C11H13N/c1-10(2)8-12-9-11-6-4-3-5-7-11/h3-7,9H,1,8H2,2H3. The van der Waals surface area contributed by atoms with Crippen LogP contribution in [0.15, 0.2) is 47.5 Å². The summed E-state index contributed by atoms with van der Waals surface area (Å²) in [5, 5.41) is 0. The lowest BCUT2D eigenvalue weighted by molar-refractivity contribution is 1.15. The Bertz CT molecular complexity index is 272. The fourth-order valence-corrected chi connectivity index (χ4v) is 0.846. The van der Waals surface area contributed by atoms with Crippen LogP contribution >= 0.6 is 0 Å². The molecule has 0 fully saturated rings. The number of benzene rings is 1. The van der Waals surface area contributed by atoms with Crippen molar-refractivity contribution in [1.29, 1.82) is 0 Å². The molecule has 0 atom stereocenters. The Morgan fingerprint density at radius 1 is 1.42 bits per heavy atom.